The van der Waals surface area contributed by atoms with Gasteiger partial charge in [0.25, 0.3) is 0 Å². The third kappa shape index (κ3) is 5.65. The van der Waals surface area contributed by atoms with Crippen LogP contribution >= 0.6 is 15.9 Å². The molecular formula is C23H20BrNO8. The molecule has 1 aliphatic heterocycles. The first-order valence-electron chi connectivity index (χ1n) is 9.66. The van der Waals surface area contributed by atoms with Gasteiger partial charge in [-0.3, -0.25) is 4.79 Å². The molecule has 0 aliphatic carbocycles. The fourth-order valence-electron chi connectivity index (χ4n) is 3.06. The number of ketones is 1. The number of carbonyl (C=O) groups excluding carboxylic acids is 4. The average Bonchev–Trinajstić information content (AvgIpc) is 2.86. The van der Waals surface area contributed by atoms with Crippen molar-refractivity contribution >= 4 is 45.3 Å². The lowest BCUT2D eigenvalue weighted by Crippen LogP contribution is -2.38. The molecule has 2 aromatic rings. The molecule has 0 N–H and O–H groups in total. The average molecular weight is 518 g/mol. The van der Waals surface area contributed by atoms with Gasteiger partial charge >= 0.3 is 17.9 Å². The molecule has 172 valence electrons. The molecule has 0 saturated carbocycles. The fraction of sp³-hybridized carbons (Fsp3) is 0.217. The number of esters is 3. The number of carbonyl (C=O) groups is 4. The Morgan fingerprint density at radius 1 is 0.879 bits per heavy atom. The van der Waals surface area contributed by atoms with Gasteiger partial charge < -0.3 is 23.8 Å². The van der Waals surface area contributed by atoms with Crippen LogP contribution in [0.1, 0.15) is 20.7 Å². The smallest absolute Gasteiger partial charge is 0.355 e. The summed E-state index contributed by atoms with van der Waals surface area (Å²) in [5.74, 6) is -2.45. The van der Waals surface area contributed by atoms with Crippen LogP contribution in [0.25, 0.3) is 0 Å². The van der Waals surface area contributed by atoms with Crippen LogP contribution < -0.4 is 4.90 Å². The Balaban J connectivity index is 1.73. The van der Waals surface area contributed by atoms with E-state index in [1.807, 2.05) is 0 Å². The zero-order chi connectivity index (χ0) is 24.0. The summed E-state index contributed by atoms with van der Waals surface area (Å²) in [6, 6.07) is 12.8. The predicted molar refractivity (Wildman–Crippen MR) is 120 cm³/mol. The van der Waals surface area contributed by atoms with Gasteiger partial charge in [0.15, 0.2) is 12.4 Å². The van der Waals surface area contributed by atoms with Crippen molar-refractivity contribution in [3.8, 4) is 0 Å². The molecule has 33 heavy (non-hydrogen) atoms. The molecule has 0 amide bonds. The van der Waals surface area contributed by atoms with Gasteiger partial charge in [0, 0.05) is 15.7 Å². The molecule has 0 radical (unpaired) electrons. The highest BCUT2D eigenvalue weighted by Gasteiger charge is 2.32. The molecule has 0 unspecified atom stereocenters. The highest BCUT2D eigenvalue weighted by atomic mass is 79.9. The van der Waals surface area contributed by atoms with Crippen molar-refractivity contribution in [1.29, 1.82) is 0 Å². The first-order chi connectivity index (χ1) is 15.8. The number of methoxy groups -OCH3 is 2. The lowest BCUT2D eigenvalue weighted by molar-refractivity contribution is -0.140. The van der Waals surface area contributed by atoms with Gasteiger partial charge in [0.2, 0.25) is 0 Å². The zero-order valence-electron chi connectivity index (χ0n) is 17.8. The maximum absolute atomic E-state index is 12.4. The summed E-state index contributed by atoms with van der Waals surface area (Å²) in [7, 11) is 2.40. The van der Waals surface area contributed by atoms with Crippen molar-refractivity contribution in [2.75, 3.05) is 39.1 Å². The van der Waals surface area contributed by atoms with E-state index in [1.54, 1.807) is 36.4 Å². The van der Waals surface area contributed by atoms with E-state index in [1.165, 1.54) is 31.3 Å². The summed E-state index contributed by atoms with van der Waals surface area (Å²) in [5.41, 5.74) is 1.11. The number of nitrogens with zero attached hydrogens (tertiary/aromatic N) is 1. The van der Waals surface area contributed by atoms with E-state index in [0.717, 1.165) is 4.47 Å². The number of hydrogen-bond donors (Lipinski definition) is 0. The first kappa shape index (κ1) is 24.1. The number of rotatable bonds is 7. The standard InChI is InChI=1S/C23H20BrNO8/c1-30-22(28)18-11-32-13-25(20(18)23(29)31-2)17-9-5-15(6-10-17)21(27)33-12-19(26)14-3-7-16(24)8-4-14/h3-10H,11-13H2,1-2H3. The number of halogens is 1. The quantitative estimate of drug-likeness (QED) is 0.311. The normalized spacial score (nSPS) is 13.4. The van der Waals surface area contributed by atoms with Crippen LogP contribution in [0.3, 0.4) is 0 Å². The van der Waals surface area contributed by atoms with Crippen molar-refractivity contribution < 1.29 is 38.1 Å². The molecule has 1 aliphatic rings. The highest BCUT2D eigenvalue weighted by Crippen LogP contribution is 2.27. The lowest BCUT2D eigenvalue weighted by atomic mass is 10.1. The minimum atomic E-state index is -0.728. The molecule has 0 bridgehead atoms. The highest BCUT2D eigenvalue weighted by molar-refractivity contribution is 9.10. The minimum absolute atomic E-state index is 0.00831. The Labute approximate surface area is 198 Å². The molecular weight excluding hydrogens is 498 g/mol. The SMILES string of the molecule is COC(=O)C1=C(C(=O)OC)N(c2ccc(C(=O)OCC(=O)c3ccc(Br)cc3)cc2)COC1. The minimum Gasteiger partial charge on any atom is -0.466 e. The van der Waals surface area contributed by atoms with E-state index in [0.29, 0.717) is 11.3 Å². The summed E-state index contributed by atoms with van der Waals surface area (Å²) in [6.45, 7) is -0.527. The molecule has 0 atom stereocenters. The van der Waals surface area contributed by atoms with E-state index in [4.69, 9.17) is 18.9 Å². The summed E-state index contributed by atoms with van der Waals surface area (Å²) in [6.07, 6.45) is 0. The largest absolute Gasteiger partial charge is 0.466 e. The summed E-state index contributed by atoms with van der Waals surface area (Å²) < 4.78 is 20.9. The Hall–Kier alpha value is -3.50. The van der Waals surface area contributed by atoms with Crippen LogP contribution in [0.2, 0.25) is 0 Å². The van der Waals surface area contributed by atoms with Crippen molar-refractivity contribution in [3.05, 3.63) is 75.4 Å². The number of hydrogen-bond acceptors (Lipinski definition) is 9. The second-order valence-corrected chi connectivity index (χ2v) is 7.68. The maximum atomic E-state index is 12.4. The monoisotopic (exact) mass is 517 g/mol. The van der Waals surface area contributed by atoms with E-state index in [9.17, 15) is 19.2 Å². The van der Waals surface area contributed by atoms with Crippen LogP contribution in [-0.2, 0) is 28.5 Å². The van der Waals surface area contributed by atoms with Gasteiger partial charge in [-0.25, -0.2) is 14.4 Å². The number of ether oxygens (including phenoxy) is 4. The molecule has 10 heteroatoms. The van der Waals surface area contributed by atoms with Crippen molar-refractivity contribution in [1.82, 2.24) is 0 Å². The maximum Gasteiger partial charge on any atom is 0.355 e. The van der Waals surface area contributed by atoms with Crippen LogP contribution in [0, 0.1) is 0 Å². The number of benzene rings is 2. The van der Waals surface area contributed by atoms with Crippen molar-refractivity contribution in [2.45, 2.75) is 0 Å². The second kappa shape index (κ2) is 10.9. The molecule has 0 spiro atoms. The fourth-order valence-corrected chi connectivity index (χ4v) is 3.32. The molecule has 1 heterocycles. The van der Waals surface area contributed by atoms with E-state index < -0.39 is 24.5 Å². The van der Waals surface area contributed by atoms with Gasteiger partial charge in [-0.2, -0.15) is 0 Å². The predicted octanol–water partition coefficient (Wildman–Crippen LogP) is 2.88. The summed E-state index contributed by atoms with van der Waals surface area (Å²) in [4.78, 5) is 50.4. The number of anilines is 1. The Morgan fingerprint density at radius 2 is 1.48 bits per heavy atom. The molecule has 0 fully saturated rings. The number of Topliss-reactive ketones (excluding diaryl/α,β-unsaturated/α-hetero) is 1. The Kier molecular flexibility index (Phi) is 7.96. The van der Waals surface area contributed by atoms with Gasteiger partial charge in [0.1, 0.15) is 12.4 Å². The molecule has 0 aromatic heterocycles. The third-order valence-electron chi connectivity index (χ3n) is 4.75. The Morgan fingerprint density at radius 3 is 2.09 bits per heavy atom. The van der Waals surface area contributed by atoms with Crippen LogP contribution in [0.15, 0.2) is 64.3 Å². The van der Waals surface area contributed by atoms with Gasteiger partial charge in [-0.1, -0.05) is 28.1 Å². The van der Waals surface area contributed by atoms with E-state index >= 15 is 0 Å². The van der Waals surface area contributed by atoms with Gasteiger partial charge in [-0.15, -0.1) is 0 Å². The zero-order valence-corrected chi connectivity index (χ0v) is 19.4. The van der Waals surface area contributed by atoms with Crippen LogP contribution in [-0.4, -0.2) is 57.9 Å². The van der Waals surface area contributed by atoms with Crippen LogP contribution in [0.4, 0.5) is 5.69 Å². The topological polar surface area (TPSA) is 108 Å². The Bertz CT molecular complexity index is 1090. The van der Waals surface area contributed by atoms with E-state index in [-0.39, 0.29) is 36.0 Å². The third-order valence-corrected chi connectivity index (χ3v) is 5.28. The summed E-state index contributed by atoms with van der Waals surface area (Å²) >= 11 is 3.29. The second-order valence-electron chi connectivity index (χ2n) is 6.77. The van der Waals surface area contributed by atoms with Crippen molar-refractivity contribution in [3.63, 3.8) is 0 Å². The molecule has 2 aromatic carbocycles. The molecule has 0 saturated heterocycles. The summed E-state index contributed by atoms with van der Waals surface area (Å²) in [5, 5.41) is 0. The van der Waals surface area contributed by atoms with Gasteiger partial charge in [-0.05, 0) is 36.4 Å². The molecule has 9 nitrogen and oxygen atoms in total. The van der Waals surface area contributed by atoms with Crippen molar-refractivity contribution in [2.24, 2.45) is 0 Å². The van der Waals surface area contributed by atoms with E-state index in [2.05, 4.69) is 15.9 Å². The first-order valence-corrected chi connectivity index (χ1v) is 10.5. The lowest BCUT2D eigenvalue weighted by Gasteiger charge is -2.31. The van der Waals surface area contributed by atoms with Gasteiger partial charge in [0.05, 0.1) is 32.0 Å². The van der Waals surface area contributed by atoms with Crippen LogP contribution in [0.5, 0.6) is 0 Å². The molecule has 3 rings (SSSR count).